The molecule has 6 nitrogen and oxygen atoms in total. The molecule has 2 aromatic carbocycles. The molecule has 4 rings (SSSR count). The van der Waals surface area contributed by atoms with Gasteiger partial charge in [0.15, 0.2) is 0 Å². The summed E-state index contributed by atoms with van der Waals surface area (Å²) >= 11 is 0. The number of rotatable bonds is 3. The number of nitrogens with one attached hydrogen (secondary N) is 1. The Labute approximate surface area is 168 Å². The first-order chi connectivity index (χ1) is 14.0. The maximum absolute atomic E-state index is 13.1. The number of piperidine rings is 1. The summed E-state index contributed by atoms with van der Waals surface area (Å²) in [4.78, 5) is 14.4. The van der Waals surface area contributed by atoms with E-state index in [0.717, 1.165) is 29.7 Å². The van der Waals surface area contributed by atoms with Crippen LogP contribution in [0.4, 0.5) is 14.9 Å². The maximum Gasteiger partial charge on any atom is 0.321 e. The van der Waals surface area contributed by atoms with Crippen LogP contribution in [0.15, 0.2) is 46.9 Å². The number of carbonyl (C=O) groups is 1. The van der Waals surface area contributed by atoms with Crippen molar-refractivity contribution in [1.82, 2.24) is 15.1 Å². The number of benzene rings is 2. The van der Waals surface area contributed by atoms with Gasteiger partial charge in [-0.15, -0.1) is 10.2 Å². The van der Waals surface area contributed by atoms with Crippen LogP contribution in [-0.2, 0) is 0 Å². The van der Waals surface area contributed by atoms with Gasteiger partial charge in [-0.05, 0) is 74.2 Å². The largest absolute Gasteiger partial charge is 0.420 e. The van der Waals surface area contributed by atoms with E-state index in [9.17, 15) is 9.18 Å². The Bertz CT molecular complexity index is 988. The van der Waals surface area contributed by atoms with Crippen molar-refractivity contribution in [2.24, 2.45) is 0 Å². The molecule has 150 valence electrons. The van der Waals surface area contributed by atoms with Gasteiger partial charge in [-0.3, -0.25) is 0 Å². The van der Waals surface area contributed by atoms with Crippen LogP contribution in [0.25, 0.3) is 11.5 Å². The molecule has 1 aromatic heterocycles. The highest BCUT2D eigenvalue weighted by Gasteiger charge is 2.27. The molecule has 0 saturated carbocycles. The van der Waals surface area contributed by atoms with E-state index in [4.69, 9.17) is 4.42 Å². The SMILES string of the molecule is Cc1cc(C)cc(NC(=O)N2CCC(c3nnc(-c4ccc(F)cc4)o3)CC2)c1. The number of urea groups is 1. The summed E-state index contributed by atoms with van der Waals surface area (Å²) in [5, 5.41) is 11.2. The monoisotopic (exact) mass is 394 g/mol. The van der Waals surface area contributed by atoms with Crippen LogP contribution in [0, 0.1) is 19.7 Å². The van der Waals surface area contributed by atoms with Crippen LogP contribution in [0.2, 0.25) is 0 Å². The number of hydrogen-bond acceptors (Lipinski definition) is 4. The minimum absolute atomic E-state index is 0.0917. The Kier molecular flexibility index (Phi) is 5.29. The molecule has 0 spiro atoms. The van der Waals surface area contributed by atoms with Gasteiger partial charge in [-0.1, -0.05) is 6.07 Å². The van der Waals surface area contributed by atoms with Crippen molar-refractivity contribution in [2.75, 3.05) is 18.4 Å². The zero-order valence-electron chi connectivity index (χ0n) is 16.5. The fourth-order valence-corrected chi connectivity index (χ4v) is 3.69. The van der Waals surface area contributed by atoms with Gasteiger partial charge < -0.3 is 14.6 Å². The number of aryl methyl sites for hydroxylation is 2. The number of anilines is 1. The number of nitrogens with zero attached hydrogens (tertiary/aromatic N) is 3. The van der Waals surface area contributed by atoms with Crippen LogP contribution >= 0.6 is 0 Å². The Morgan fingerprint density at radius 3 is 2.38 bits per heavy atom. The van der Waals surface area contributed by atoms with Crippen LogP contribution in [0.3, 0.4) is 0 Å². The van der Waals surface area contributed by atoms with Crippen LogP contribution in [-0.4, -0.2) is 34.2 Å². The van der Waals surface area contributed by atoms with E-state index in [2.05, 4.69) is 21.6 Å². The van der Waals surface area contributed by atoms with Gasteiger partial charge in [0.05, 0.1) is 0 Å². The van der Waals surface area contributed by atoms with Crippen molar-refractivity contribution in [3.05, 3.63) is 65.3 Å². The highest BCUT2D eigenvalue weighted by atomic mass is 19.1. The molecule has 1 aliphatic rings. The molecule has 29 heavy (non-hydrogen) atoms. The Hall–Kier alpha value is -3.22. The van der Waals surface area contributed by atoms with Gasteiger partial charge in [-0.25, -0.2) is 9.18 Å². The van der Waals surface area contributed by atoms with Crippen molar-refractivity contribution in [3.8, 4) is 11.5 Å². The number of hydrogen-bond donors (Lipinski definition) is 1. The van der Waals surface area contributed by atoms with Gasteiger partial charge in [0.1, 0.15) is 5.82 Å². The fraction of sp³-hybridized carbons (Fsp3) is 0.318. The zero-order chi connectivity index (χ0) is 20.4. The lowest BCUT2D eigenvalue weighted by Crippen LogP contribution is -2.40. The van der Waals surface area contributed by atoms with Crippen LogP contribution < -0.4 is 5.32 Å². The smallest absolute Gasteiger partial charge is 0.321 e. The summed E-state index contributed by atoms with van der Waals surface area (Å²) in [5.74, 6) is 0.760. The van der Waals surface area contributed by atoms with Crippen LogP contribution in [0.5, 0.6) is 0 Å². The van der Waals surface area contributed by atoms with Crippen molar-refractivity contribution in [2.45, 2.75) is 32.6 Å². The molecule has 0 radical (unpaired) electrons. The third kappa shape index (κ3) is 4.45. The first kappa shape index (κ1) is 19.1. The zero-order valence-corrected chi connectivity index (χ0v) is 16.5. The van der Waals surface area contributed by atoms with E-state index < -0.39 is 0 Å². The van der Waals surface area contributed by atoms with E-state index in [1.54, 1.807) is 12.1 Å². The van der Waals surface area contributed by atoms with Crippen molar-refractivity contribution >= 4 is 11.7 Å². The topological polar surface area (TPSA) is 71.3 Å². The highest BCUT2D eigenvalue weighted by molar-refractivity contribution is 5.89. The predicted molar refractivity (Wildman–Crippen MR) is 108 cm³/mol. The van der Waals surface area contributed by atoms with Gasteiger partial charge in [0.2, 0.25) is 11.8 Å². The van der Waals surface area contributed by atoms with E-state index in [1.807, 2.05) is 30.9 Å². The van der Waals surface area contributed by atoms with E-state index in [1.165, 1.54) is 12.1 Å². The number of likely N-dealkylation sites (tertiary alicyclic amines) is 1. The van der Waals surface area contributed by atoms with Crippen molar-refractivity contribution < 1.29 is 13.6 Å². The molecule has 1 N–H and O–H groups in total. The lowest BCUT2D eigenvalue weighted by atomic mass is 9.97. The summed E-state index contributed by atoms with van der Waals surface area (Å²) in [7, 11) is 0. The Morgan fingerprint density at radius 2 is 1.72 bits per heavy atom. The molecular formula is C22H23FN4O2. The third-order valence-electron chi connectivity index (χ3n) is 5.14. The predicted octanol–water partition coefficient (Wildman–Crippen LogP) is 4.90. The summed E-state index contributed by atoms with van der Waals surface area (Å²) in [6.45, 7) is 5.27. The Morgan fingerprint density at radius 1 is 1.07 bits per heavy atom. The van der Waals surface area contributed by atoms with E-state index in [-0.39, 0.29) is 17.8 Å². The minimum atomic E-state index is -0.306. The molecule has 2 amide bonds. The van der Waals surface area contributed by atoms with Gasteiger partial charge in [0.25, 0.3) is 0 Å². The molecule has 7 heteroatoms. The molecule has 0 atom stereocenters. The van der Waals surface area contributed by atoms with Crippen molar-refractivity contribution in [3.63, 3.8) is 0 Å². The molecular weight excluding hydrogens is 371 g/mol. The molecule has 1 saturated heterocycles. The number of halogens is 1. The molecule has 0 bridgehead atoms. The number of carbonyl (C=O) groups excluding carboxylic acids is 1. The normalized spacial score (nSPS) is 14.8. The minimum Gasteiger partial charge on any atom is -0.420 e. The second-order valence-corrected chi connectivity index (χ2v) is 7.52. The third-order valence-corrected chi connectivity index (χ3v) is 5.14. The average Bonchev–Trinajstić information content (AvgIpc) is 3.18. The first-order valence-electron chi connectivity index (χ1n) is 9.71. The van der Waals surface area contributed by atoms with E-state index >= 15 is 0 Å². The van der Waals surface area contributed by atoms with Gasteiger partial charge in [-0.2, -0.15) is 0 Å². The molecule has 2 heterocycles. The Balaban J connectivity index is 1.35. The first-order valence-corrected chi connectivity index (χ1v) is 9.71. The lowest BCUT2D eigenvalue weighted by molar-refractivity contribution is 0.190. The summed E-state index contributed by atoms with van der Waals surface area (Å²) in [5.41, 5.74) is 3.74. The molecule has 3 aromatic rings. The van der Waals surface area contributed by atoms with E-state index in [0.29, 0.717) is 30.4 Å². The maximum atomic E-state index is 13.1. The summed E-state index contributed by atoms with van der Waals surface area (Å²) < 4.78 is 18.9. The van der Waals surface area contributed by atoms with Crippen LogP contribution in [0.1, 0.15) is 35.8 Å². The summed E-state index contributed by atoms with van der Waals surface area (Å²) in [6.07, 6.45) is 1.51. The number of amides is 2. The molecule has 0 unspecified atom stereocenters. The van der Waals surface area contributed by atoms with Gasteiger partial charge in [0, 0.05) is 30.3 Å². The number of aromatic nitrogens is 2. The molecule has 1 aliphatic heterocycles. The molecule has 1 fully saturated rings. The standard InChI is InChI=1S/C22H23FN4O2/c1-14-11-15(2)13-19(12-14)24-22(28)27-9-7-17(8-10-27)21-26-25-20(29-21)16-3-5-18(23)6-4-16/h3-6,11-13,17H,7-10H2,1-2H3,(H,24,28). The highest BCUT2D eigenvalue weighted by Crippen LogP contribution is 2.29. The second-order valence-electron chi connectivity index (χ2n) is 7.52. The van der Waals surface area contributed by atoms with Gasteiger partial charge >= 0.3 is 6.03 Å². The van der Waals surface area contributed by atoms with Crippen molar-refractivity contribution in [1.29, 1.82) is 0 Å². The second kappa shape index (κ2) is 8.03. The average molecular weight is 394 g/mol. The fourth-order valence-electron chi connectivity index (χ4n) is 3.69. The molecule has 0 aliphatic carbocycles. The summed E-state index contributed by atoms with van der Waals surface area (Å²) in [6, 6.07) is 11.9. The quantitative estimate of drug-likeness (QED) is 0.686. The lowest BCUT2D eigenvalue weighted by Gasteiger charge is -2.30.